The number of carbonyl (C=O) groups excluding carboxylic acids is 2. The zero-order valence-electron chi connectivity index (χ0n) is 15.2. The molecule has 0 aliphatic carbocycles. The number of hydrogen-bond donors (Lipinski definition) is 1. The number of benzene rings is 3. The third kappa shape index (κ3) is 4.82. The number of rotatable bonds is 5. The standard InChI is InChI=1S/C23H22N2O2/c1-18(20-13-7-3-8-14-20)24-22(26)23(27)25(21-15-9-4-10-16-21)17-19-11-5-2-6-12-19/h2-16,18H,17H2,1H3,(H,24,26). The van der Waals surface area contributed by atoms with E-state index in [1.807, 2.05) is 97.9 Å². The fourth-order valence-electron chi connectivity index (χ4n) is 2.86. The summed E-state index contributed by atoms with van der Waals surface area (Å²) >= 11 is 0. The molecule has 0 bridgehead atoms. The lowest BCUT2D eigenvalue weighted by molar-refractivity contribution is -0.138. The van der Waals surface area contributed by atoms with Crippen LogP contribution in [0.15, 0.2) is 91.0 Å². The van der Waals surface area contributed by atoms with Gasteiger partial charge in [-0.05, 0) is 30.2 Å². The lowest BCUT2D eigenvalue weighted by atomic mass is 10.1. The normalized spacial score (nSPS) is 11.4. The number of nitrogens with one attached hydrogen (secondary N) is 1. The molecule has 1 atom stereocenters. The van der Waals surface area contributed by atoms with Crippen LogP contribution in [0.5, 0.6) is 0 Å². The highest BCUT2D eigenvalue weighted by Gasteiger charge is 2.25. The first-order valence-corrected chi connectivity index (χ1v) is 8.91. The van der Waals surface area contributed by atoms with Crippen molar-refractivity contribution >= 4 is 17.5 Å². The summed E-state index contributed by atoms with van der Waals surface area (Å²) in [5.41, 5.74) is 2.60. The molecule has 4 heteroatoms. The molecule has 2 amide bonds. The first kappa shape index (κ1) is 18.4. The van der Waals surface area contributed by atoms with E-state index in [4.69, 9.17) is 0 Å². The number of para-hydroxylation sites is 1. The molecule has 1 unspecified atom stereocenters. The van der Waals surface area contributed by atoms with Gasteiger partial charge in [0.15, 0.2) is 0 Å². The van der Waals surface area contributed by atoms with E-state index in [9.17, 15) is 9.59 Å². The van der Waals surface area contributed by atoms with Crippen molar-refractivity contribution in [2.75, 3.05) is 4.90 Å². The van der Waals surface area contributed by atoms with Gasteiger partial charge in [-0.2, -0.15) is 0 Å². The van der Waals surface area contributed by atoms with Crippen molar-refractivity contribution in [3.05, 3.63) is 102 Å². The van der Waals surface area contributed by atoms with Crippen LogP contribution in [0, 0.1) is 0 Å². The number of hydrogen-bond acceptors (Lipinski definition) is 2. The van der Waals surface area contributed by atoms with Gasteiger partial charge in [0.25, 0.3) is 0 Å². The van der Waals surface area contributed by atoms with E-state index < -0.39 is 11.8 Å². The highest BCUT2D eigenvalue weighted by Crippen LogP contribution is 2.18. The third-order valence-corrected chi connectivity index (χ3v) is 4.34. The topological polar surface area (TPSA) is 49.4 Å². The molecular weight excluding hydrogens is 336 g/mol. The van der Waals surface area contributed by atoms with E-state index in [1.54, 1.807) is 0 Å². The van der Waals surface area contributed by atoms with Crippen LogP contribution >= 0.6 is 0 Å². The van der Waals surface area contributed by atoms with Gasteiger partial charge in [0.05, 0.1) is 12.6 Å². The Morgan fingerprint density at radius 1 is 0.815 bits per heavy atom. The number of anilines is 1. The number of amides is 2. The summed E-state index contributed by atoms with van der Waals surface area (Å²) in [5.74, 6) is -1.20. The third-order valence-electron chi connectivity index (χ3n) is 4.34. The van der Waals surface area contributed by atoms with Crippen molar-refractivity contribution in [2.24, 2.45) is 0 Å². The van der Waals surface area contributed by atoms with Crippen LogP contribution in [0.25, 0.3) is 0 Å². The van der Waals surface area contributed by atoms with Crippen LogP contribution in [0.2, 0.25) is 0 Å². The van der Waals surface area contributed by atoms with Gasteiger partial charge in [0, 0.05) is 5.69 Å². The van der Waals surface area contributed by atoms with Crippen molar-refractivity contribution in [1.29, 1.82) is 0 Å². The Balaban J connectivity index is 1.79. The van der Waals surface area contributed by atoms with Gasteiger partial charge < -0.3 is 5.32 Å². The largest absolute Gasteiger partial charge is 0.341 e. The molecule has 1 N–H and O–H groups in total. The first-order valence-electron chi connectivity index (χ1n) is 8.91. The van der Waals surface area contributed by atoms with Gasteiger partial charge >= 0.3 is 11.8 Å². The van der Waals surface area contributed by atoms with E-state index >= 15 is 0 Å². The number of carbonyl (C=O) groups is 2. The molecule has 0 heterocycles. The predicted octanol–water partition coefficient (Wildman–Crippen LogP) is 4.10. The monoisotopic (exact) mass is 358 g/mol. The van der Waals surface area contributed by atoms with Crippen LogP contribution in [-0.2, 0) is 16.1 Å². The van der Waals surface area contributed by atoms with Gasteiger partial charge in [-0.1, -0.05) is 78.9 Å². The predicted molar refractivity (Wildman–Crippen MR) is 107 cm³/mol. The Kier molecular flexibility index (Phi) is 6.00. The SMILES string of the molecule is CC(NC(=O)C(=O)N(Cc1ccccc1)c1ccccc1)c1ccccc1. The maximum absolute atomic E-state index is 12.9. The molecule has 136 valence electrons. The molecule has 0 aliphatic rings. The maximum Gasteiger partial charge on any atom is 0.316 e. The fraction of sp³-hybridized carbons (Fsp3) is 0.130. The molecule has 0 saturated carbocycles. The van der Waals surface area contributed by atoms with E-state index in [0.29, 0.717) is 12.2 Å². The second-order valence-electron chi connectivity index (χ2n) is 6.32. The molecule has 3 aromatic carbocycles. The average molecular weight is 358 g/mol. The molecule has 4 nitrogen and oxygen atoms in total. The highest BCUT2D eigenvalue weighted by molar-refractivity contribution is 6.40. The van der Waals surface area contributed by atoms with Crippen molar-refractivity contribution in [3.63, 3.8) is 0 Å². The molecule has 0 aromatic heterocycles. The quantitative estimate of drug-likeness (QED) is 0.698. The lowest BCUT2D eigenvalue weighted by Crippen LogP contribution is -2.43. The van der Waals surface area contributed by atoms with E-state index in [1.165, 1.54) is 4.90 Å². The van der Waals surface area contributed by atoms with Gasteiger partial charge in [0.1, 0.15) is 0 Å². The van der Waals surface area contributed by atoms with Crippen molar-refractivity contribution in [2.45, 2.75) is 19.5 Å². The molecule has 0 radical (unpaired) electrons. The van der Waals surface area contributed by atoms with Crippen LogP contribution in [-0.4, -0.2) is 11.8 Å². The summed E-state index contributed by atoms with van der Waals surface area (Å²) in [6.07, 6.45) is 0. The minimum atomic E-state index is -0.619. The summed E-state index contributed by atoms with van der Waals surface area (Å²) in [5, 5.41) is 2.80. The minimum Gasteiger partial charge on any atom is -0.341 e. The van der Waals surface area contributed by atoms with E-state index in [0.717, 1.165) is 11.1 Å². The van der Waals surface area contributed by atoms with Crippen LogP contribution in [0.4, 0.5) is 5.69 Å². The molecular formula is C23H22N2O2. The lowest BCUT2D eigenvalue weighted by Gasteiger charge is -2.23. The zero-order chi connectivity index (χ0) is 19.1. The Labute approximate surface area is 159 Å². The molecule has 0 fully saturated rings. The zero-order valence-corrected chi connectivity index (χ0v) is 15.2. The van der Waals surface area contributed by atoms with Crippen LogP contribution < -0.4 is 10.2 Å². The van der Waals surface area contributed by atoms with Gasteiger partial charge in [-0.15, -0.1) is 0 Å². The highest BCUT2D eigenvalue weighted by atomic mass is 16.2. The molecule has 0 aliphatic heterocycles. The van der Waals surface area contributed by atoms with Gasteiger partial charge in [0.2, 0.25) is 0 Å². The summed E-state index contributed by atoms with van der Waals surface area (Å²) < 4.78 is 0. The van der Waals surface area contributed by atoms with Gasteiger partial charge in [-0.3, -0.25) is 14.5 Å². The van der Waals surface area contributed by atoms with Crippen LogP contribution in [0.1, 0.15) is 24.1 Å². The first-order chi connectivity index (χ1) is 13.1. The van der Waals surface area contributed by atoms with Gasteiger partial charge in [-0.25, -0.2) is 0 Å². The second-order valence-corrected chi connectivity index (χ2v) is 6.32. The smallest absolute Gasteiger partial charge is 0.316 e. The number of nitrogens with zero attached hydrogens (tertiary/aromatic N) is 1. The molecule has 0 spiro atoms. The Morgan fingerprint density at radius 3 is 1.93 bits per heavy atom. The fourth-order valence-corrected chi connectivity index (χ4v) is 2.86. The van der Waals surface area contributed by atoms with Crippen molar-refractivity contribution in [1.82, 2.24) is 5.32 Å². The summed E-state index contributed by atoms with van der Waals surface area (Å²) in [4.78, 5) is 27.1. The Hall–Kier alpha value is -3.40. The minimum absolute atomic E-state index is 0.253. The molecule has 27 heavy (non-hydrogen) atoms. The van der Waals surface area contributed by atoms with E-state index in [2.05, 4.69) is 5.32 Å². The molecule has 3 rings (SSSR count). The Morgan fingerprint density at radius 2 is 1.33 bits per heavy atom. The second kappa shape index (κ2) is 8.81. The van der Waals surface area contributed by atoms with Crippen molar-refractivity contribution in [3.8, 4) is 0 Å². The molecule has 0 saturated heterocycles. The Bertz CT molecular complexity index is 880. The summed E-state index contributed by atoms with van der Waals surface area (Å²) in [6.45, 7) is 2.20. The molecule has 3 aromatic rings. The average Bonchev–Trinajstić information content (AvgIpc) is 2.73. The van der Waals surface area contributed by atoms with Crippen LogP contribution in [0.3, 0.4) is 0 Å². The van der Waals surface area contributed by atoms with Crippen molar-refractivity contribution < 1.29 is 9.59 Å². The summed E-state index contributed by atoms with van der Waals surface area (Å²) in [7, 11) is 0. The summed E-state index contributed by atoms with van der Waals surface area (Å²) in [6, 6.07) is 28.2. The maximum atomic E-state index is 12.9. The van der Waals surface area contributed by atoms with E-state index in [-0.39, 0.29) is 6.04 Å².